The average molecular weight is 270 g/mol. The van der Waals surface area contributed by atoms with E-state index in [2.05, 4.69) is 4.90 Å². The van der Waals surface area contributed by atoms with E-state index in [1.165, 1.54) is 0 Å². The van der Waals surface area contributed by atoms with E-state index in [-0.39, 0.29) is 11.8 Å². The lowest BCUT2D eigenvalue weighted by atomic mass is 10.0. The Kier molecular flexibility index (Phi) is 5.31. The normalized spacial score (nSPS) is 13.8. The number of nitrogens with zero attached hydrogens (tertiary/aromatic N) is 1. The molecule has 0 aliphatic carbocycles. The number of hydrogen-bond acceptors (Lipinski definition) is 4. The quantitative estimate of drug-likeness (QED) is 0.849. The van der Waals surface area contributed by atoms with Gasteiger partial charge in [0.05, 0.1) is 10.6 Å². The standard InChI is InChI=1S/C13H22N2O2S/c1-4-18(16,17)12-7-5-11(6-8-12)13(14)9-10-15(2)3/h5-8,13H,4,9-10,14H2,1-3H3. The van der Waals surface area contributed by atoms with Gasteiger partial charge in [-0.15, -0.1) is 0 Å². The molecule has 1 aromatic rings. The molecule has 0 saturated heterocycles. The molecule has 0 saturated carbocycles. The highest BCUT2D eigenvalue weighted by Gasteiger charge is 2.12. The summed E-state index contributed by atoms with van der Waals surface area (Å²) in [4.78, 5) is 2.45. The molecule has 2 N–H and O–H groups in total. The lowest BCUT2D eigenvalue weighted by molar-refractivity contribution is 0.382. The Bertz CT molecular complexity index is 466. The van der Waals surface area contributed by atoms with E-state index >= 15 is 0 Å². The molecular weight excluding hydrogens is 248 g/mol. The first-order chi connectivity index (χ1) is 8.36. The SMILES string of the molecule is CCS(=O)(=O)c1ccc(C(N)CCN(C)C)cc1. The molecule has 0 heterocycles. The zero-order chi connectivity index (χ0) is 13.8. The molecule has 0 amide bonds. The van der Waals surface area contributed by atoms with Crippen LogP contribution in [0.5, 0.6) is 0 Å². The van der Waals surface area contributed by atoms with E-state index in [0.717, 1.165) is 18.5 Å². The van der Waals surface area contributed by atoms with Gasteiger partial charge in [-0.25, -0.2) is 8.42 Å². The zero-order valence-corrected chi connectivity index (χ0v) is 12.1. The Morgan fingerprint density at radius 1 is 1.22 bits per heavy atom. The van der Waals surface area contributed by atoms with Crippen molar-refractivity contribution in [3.05, 3.63) is 29.8 Å². The van der Waals surface area contributed by atoms with Gasteiger partial charge in [0.25, 0.3) is 0 Å². The summed E-state index contributed by atoms with van der Waals surface area (Å²) in [6.07, 6.45) is 0.854. The Morgan fingerprint density at radius 2 is 1.78 bits per heavy atom. The van der Waals surface area contributed by atoms with E-state index in [9.17, 15) is 8.42 Å². The maximum absolute atomic E-state index is 11.7. The predicted molar refractivity (Wildman–Crippen MR) is 74.3 cm³/mol. The van der Waals surface area contributed by atoms with Gasteiger partial charge in [0.2, 0.25) is 0 Å². The van der Waals surface area contributed by atoms with Crippen LogP contribution >= 0.6 is 0 Å². The highest BCUT2D eigenvalue weighted by molar-refractivity contribution is 7.91. The summed E-state index contributed by atoms with van der Waals surface area (Å²) in [5.41, 5.74) is 7.04. The molecule has 0 radical (unpaired) electrons. The van der Waals surface area contributed by atoms with E-state index < -0.39 is 9.84 Å². The Morgan fingerprint density at radius 3 is 2.22 bits per heavy atom. The van der Waals surface area contributed by atoms with Crippen LogP contribution in [-0.2, 0) is 9.84 Å². The van der Waals surface area contributed by atoms with Gasteiger partial charge >= 0.3 is 0 Å². The predicted octanol–water partition coefficient (Wildman–Crippen LogP) is 1.43. The molecule has 102 valence electrons. The third-order valence-corrected chi connectivity index (χ3v) is 4.69. The fourth-order valence-corrected chi connectivity index (χ4v) is 2.54. The van der Waals surface area contributed by atoms with Crippen LogP contribution in [0.25, 0.3) is 0 Å². The van der Waals surface area contributed by atoms with Gasteiger partial charge in [0.1, 0.15) is 0 Å². The molecule has 0 bridgehead atoms. The summed E-state index contributed by atoms with van der Waals surface area (Å²) >= 11 is 0. The smallest absolute Gasteiger partial charge is 0.178 e. The molecule has 0 aromatic heterocycles. The van der Waals surface area contributed by atoms with Crippen molar-refractivity contribution in [2.45, 2.75) is 24.3 Å². The Balaban J connectivity index is 2.77. The molecule has 0 aliphatic heterocycles. The summed E-state index contributed by atoms with van der Waals surface area (Å²) < 4.78 is 23.3. The second kappa shape index (κ2) is 6.31. The molecule has 4 nitrogen and oxygen atoms in total. The average Bonchev–Trinajstić information content (AvgIpc) is 2.36. The van der Waals surface area contributed by atoms with E-state index in [0.29, 0.717) is 4.90 Å². The molecule has 0 aliphatic rings. The van der Waals surface area contributed by atoms with Crippen LogP contribution in [-0.4, -0.2) is 39.7 Å². The first kappa shape index (κ1) is 15.1. The second-order valence-corrected chi connectivity index (χ2v) is 6.95. The van der Waals surface area contributed by atoms with Crippen molar-refractivity contribution < 1.29 is 8.42 Å². The van der Waals surface area contributed by atoms with Crippen molar-refractivity contribution in [1.29, 1.82) is 0 Å². The minimum atomic E-state index is -3.12. The molecule has 1 rings (SSSR count). The van der Waals surface area contributed by atoms with Crippen LogP contribution in [0.2, 0.25) is 0 Å². The summed E-state index contributed by atoms with van der Waals surface area (Å²) in [5.74, 6) is 0.124. The minimum Gasteiger partial charge on any atom is -0.324 e. The van der Waals surface area contributed by atoms with Crippen molar-refractivity contribution in [3.63, 3.8) is 0 Å². The van der Waals surface area contributed by atoms with Crippen molar-refractivity contribution >= 4 is 9.84 Å². The van der Waals surface area contributed by atoms with Crippen molar-refractivity contribution in [1.82, 2.24) is 4.90 Å². The van der Waals surface area contributed by atoms with Gasteiger partial charge in [0, 0.05) is 6.04 Å². The lowest BCUT2D eigenvalue weighted by Gasteiger charge is -2.15. The third-order valence-electron chi connectivity index (χ3n) is 2.93. The van der Waals surface area contributed by atoms with Gasteiger partial charge in [-0.05, 0) is 44.8 Å². The van der Waals surface area contributed by atoms with Crippen molar-refractivity contribution in [2.75, 3.05) is 26.4 Å². The van der Waals surface area contributed by atoms with Crippen LogP contribution < -0.4 is 5.73 Å². The van der Waals surface area contributed by atoms with Gasteiger partial charge in [0.15, 0.2) is 9.84 Å². The summed E-state index contributed by atoms with van der Waals surface area (Å²) in [6, 6.07) is 6.85. The highest BCUT2D eigenvalue weighted by Crippen LogP contribution is 2.18. The second-order valence-electron chi connectivity index (χ2n) is 4.67. The molecule has 5 heteroatoms. The minimum absolute atomic E-state index is 0.0502. The third kappa shape index (κ3) is 4.08. The molecular formula is C13H22N2O2S. The van der Waals surface area contributed by atoms with E-state index in [4.69, 9.17) is 5.73 Å². The molecule has 1 atom stereocenters. The van der Waals surface area contributed by atoms with E-state index in [1.807, 2.05) is 26.2 Å². The van der Waals surface area contributed by atoms with Gasteiger partial charge in [-0.2, -0.15) is 0 Å². The fraction of sp³-hybridized carbons (Fsp3) is 0.538. The van der Waals surface area contributed by atoms with Crippen molar-refractivity contribution in [3.8, 4) is 0 Å². The summed E-state index contributed by atoms with van der Waals surface area (Å²) in [6.45, 7) is 2.56. The van der Waals surface area contributed by atoms with Crippen LogP contribution in [0.1, 0.15) is 24.9 Å². The summed E-state index contributed by atoms with van der Waals surface area (Å²) in [5, 5.41) is 0. The maximum Gasteiger partial charge on any atom is 0.178 e. The molecule has 1 unspecified atom stereocenters. The van der Waals surface area contributed by atoms with Gasteiger partial charge in [-0.3, -0.25) is 0 Å². The Hall–Kier alpha value is -0.910. The van der Waals surface area contributed by atoms with E-state index in [1.54, 1.807) is 19.1 Å². The Labute approximate surface area is 110 Å². The van der Waals surface area contributed by atoms with Gasteiger partial charge < -0.3 is 10.6 Å². The number of rotatable bonds is 6. The molecule has 0 spiro atoms. The van der Waals surface area contributed by atoms with Gasteiger partial charge in [-0.1, -0.05) is 19.1 Å². The zero-order valence-electron chi connectivity index (χ0n) is 11.3. The largest absolute Gasteiger partial charge is 0.324 e. The van der Waals surface area contributed by atoms with Crippen LogP contribution in [0.4, 0.5) is 0 Å². The molecule has 1 aromatic carbocycles. The number of benzene rings is 1. The lowest BCUT2D eigenvalue weighted by Crippen LogP contribution is -2.20. The van der Waals surface area contributed by atoms with Crippen LogP contribution in [0, 0.1) is 0 Å². The van der Waals surface area contributed by atoms with Crippen LogP contribution in [0.15, 0.2) is 29.2 Å². The fourth-order valence-electron chi connectivity index (χ4n) is 1.65. The number of hydrogen-bond donors (Lipinski definition) is 1. The number of nitrogens with two attached hydrogens (primary N) is 1. The molecule has 18 heavy (non-hydrogen) atoms. The first-order valence-corrected chi connectivity index (χ1v) is 7.75. The highest BCUT2D eigenvalue weighted by atomic mass is 32.2. The maximum atomic E-state index is 11.7. The van der Waals surface area contributed by atoms with Crippen LogP contribution in [0.3, 0.4) is 0 Å². The monoisotopic (exact) mass is 270 g/mol. The first-order valence-electron chi connectivity index (χ1n) is 6.10. The molecule has 0 fully saturated rings. The summed E-state index contributed by atoms with van der Waals surface area (Å²) in [7, 11) is 0.892. The van der Waals surface area contributed by atoms with Crippen molar-refractivity contribution in [2.24, 2.45) is 5.73 Å². The number of sulfone groups is 1. The topological polar surface area (TPSA) is 63.4 Å².